The van der Waals surface area contributed by atoms with Crippen LogP contribution in [-0.2, 0) is 4.74 Å². The van der Waals surface area contributed by atoms with E-state index in [-0.39, 0.29) is 11.5 Å². The lowest BCUT2D eigenvalue weighted by Crippen LogP contribution is -2.40. The van der Waals surface area contributed by atoms with Crippen LogP contribution < -0.4 is 11.1 Å². The highest BCUT2D eigenvalue weighted by Gasteiger charge is 2.30. The molecule has 1 atom stereocenters. The van der Waals surface area contributed by atoms with Gasteiger partial charge in [0.05, 0.1) is 11.2 Å². The van der Waals surface area contributed by atoms with E-state index in [4.69, 9.17) is 10.5 Å². The van der Waals surface area contributed by atoms with Crippen molar-refractivity contribution in [2.75, 3.05) is 18.9 Å². The van der Waals surface area contributed by atoms with E-state index in [0.717, 1.165) is 23.9 Å². The molecule has 1 unspecified atom stereocenters. The second-order valence-corrected chi connectivity index (χ2v) is 5.73. The molecule has 1 aliphatic rings. The van der Waals surface area contributed by atoms with Gasteiger partial charge in [-0.15, -0.1) is 0 Å². The van der Waals surface area contributed by atoms with Crippen molar-refractivity contribution in [2.45, 2.75) is 25.4 Å². The molecule has 1 saturated heterocycles. The van der Waals surface area contributed by atoms with Gasteiger partial charge in [-0.2, -0.15) is 0 Å². The number of carbonyl (C=O) groups is 1. The van der Waals surface area contributed by atoms with Crippen molar-refractivity contribution in [1.29, 1.82) is 0 Å². The summed E-state index contributed by atoms with van der Waals surface area (Å²) in [5, 5.41) is 2.88. The van der Waals surface area contributed by atoms with Gasteiger partial charge in [0, 0.05) is 23.3 Å². The lowest BCUT2D eigenvalue weighted by Gasteiger charge is -2.23. The van der Waals surface area contributed by atoms with E-state index in [1.54, 1.807) is 18.2 Å². The SMILES string of the molecule is CC1(CNC(=O)c2ccc(Br)cc2N)CCCO1. The molecule has 0 spiro atoms. The summed E-state index contributed by atoms with van der Waals surface area (Å²) in [7, 11) is 0. The Morgan fingerprint density at radius 2 is 2.39 bits per heavy atom. The Labute approximate surface area is 115 Å². The standard InChI is InChI=1S/C13H17BrN2O2/c1-13(5-2-6-18-13)8-16-12(17)10-4-3-9(14)7-11(10)15/h3-4,7H,2,5-6,8,15H2,1H3,(H,16,17). The summed E-state index contributed by atoms with van der Waals surface area (Å²) in [5.41, 5.74) is 6.55. The number of hydrogen-bond donors (Lipinski definition) is 2. The van der Waals surface area contributed by atoms with E-state index in [9.17, 15) is 4.79 Å². The molecule has 2 rings (SSSR count). The van der Waals surface area contributed by atoms with Gasteiger partial charge >= 0.3 is 0 Å². The van der Waals surface area contributed by atoms with Crippen molar-refractivity contribution in [3.8, 4) is 0 Å². The number of nitrogens with two attached hydrogens (primary N) is 1. The van der Waals surface area contributed by atoms with Crippen molar-refractivity contribution in [3.63, 3.8) is 0 Å². The Kier molecular flexibility index (Phi) is 3.92. The van der Waals surface area contributed by atoms with Gasteiger partial charge in [-0.25, -0.2) is 0 Å². The quantitative estimate of drug-likeness (QED) is 0.842. The van der Waals surface area contributed by atoms with Crippen LogP contribution in [0.15, 0.2) is 22.7 Å². The third kappa shape index (κ3) is 3.03. The zero-order valence-electron chi connectivity index (χ0n) is 10.3. The lowest BCUT2D eigenvalue weighted by atomic mass is 10.0. The van der Waals surface area contributed by atoms with Gasteiger partial charge in [-0.1, -0.05) is 15.9 Å². The molecule has 5 heteroatoms. The van der Waals surface area contributed by atoms with E-state index >= 15 is 0 Å². The number of ether oxygens (including phenoxy) is 1. The van der Waals surface area contributed by atoms with Gasteiger partial charge in [0.2, 0.25) is 0 Å². The summed E-state index contributed by atoms with van der Waals surface area (Å²) in [5.74, 6) is -0.156. The molecule has 1 aromatic carbocycles. The van der Waals surface area contributed by atoms with Gasteiger partial charge < -0.3 is 15.8 Å². The molecule has 0 aliphatic carbocycles. The maximum absolute atomic E-state index is 12.0. The summed E-state index contributed by atoms with van der Waals surface area (Å²) < 4.78 is 6.49. The zero-order chi connectivity index (χ0) is 13.2. The third-order valence-electron chi connectivity index (χ3n) is 3.18. The van der Waals surface area contributed by atoms with Gasteiger partial charge in [0.1, 0.15) is 0 Å². The fraction of sp³-hybridized carbons (Fsp3) is 0.462. The van der Waals surface area contributed by atoms with E-state index in [0.29, 0.717) is 17.8 Å². The van der Waals surface area contributed by atoms with Crippen LogP contribution in [0.4, 0.5) is 5.69 Å². The van der Waals surface area contributed by atoms with Crippen LogP contribution in [0.5, 0.6) is 0 Å². The number of amides is 1. The Morgan fingerprint density at radius 3 is 3.00 bits per heavy atom. The predicted octanol–water partition coefficient (Wildman–Crippen LogP) is 2.33. The monoisotopic (exact) mass is 312 g/mol. The van der Waals surface area contributed by atoms with Crippen LogP contribution >= 0.6 is 15.9 Å². The molecule has 1 heterocycles. The number of hydrogen-bond acceptors (Lipinski definition) is 3. The number of anilines is 1. The molecule has 3 N–H and O–H groups in total. The minimum Gasteiger partial charge on any atom is -0.398 e. The maximum Gasteiger partial charge on any atom is 0.253 e. The number of nitrogen functional groups attached to an aromatic ring is 1. The Bertz CT molecular complexity index is 456. The van der Waals surface area contributed by atoms with Crippen molar-refractivity contribution < 1.29 is 9.53 Å². The largest absolute Gasteiger partial charge is 0.398 e. The van der Waals surface area contributed by atoms with Crippen LogP contribution in [0.25, 0.3) is 0 Å². The van der Waals surface area contributed by atoms with Gasteiger partial charge in [0.25, 0.3) is 5.91 Å². The first kappa shape index (κ1) is 13.4. The van der Waals surface area contributed by atoms with Crippen LogP contribution in [0.3, 0.4) is 0 Å². The number of benzene rings is 1. The van der Waals surface area contributed by atoms with Crippen molar-refractivity contribution in [2.24, 2.45) is 0 Å². The zero-order valence-corrected chi connectivity index (χ0v) is 11.9. The molecule has 0 saturated carbocycles. The second kappa shape index (κ2) is 5.28. The van der Waals surface area contributed by atoms with Crippen LogP contribution in [0.2, 0.25) is 0 Å². The fourth-order valence-corrected chi connectivity index (χ4v) is 2.46. The van der Waals surface area contributed by atoms with Gasteiger partial charge in [0.15, 0.2) is 0 Å². The summed E-state index contributed by atoms with van der Waals surface area (Å²) in [6.45, 7) is 3.30. The first-order chi connectivity index (χ1) is 8.50. The van der Waals surface area contributed by atoms with Crippen LogP contribution in [-0.4, -0.2) is 24.7 Å². The second-order valence-electron chi connectivity index (χ2n) is 4.82. The summed E-state index contributed by atoms with van der Waals surface area (Å²) in [6.07, 6.45) is 2.02. The highest BCUT2D eigenvalue weighted by Crippen LogP contribution is 2.24. The maximum atomic E-state index is 12.0. The summed E-state index contributed by atoms with van der Waals surface area (Å²) in [6, 6.07) is 5.24. The average Bonchev–Trinajstić information content (AvgIpc) is 2.74. The Hall–Kier alpha value is -1.07. The minimum atomic E-state index is -0.236. The van der Waals surface area contributed by atoms with E-state index in [1.165, 1.54) is 0 Å². The average molecular weight is 313 g/mol. The van der Waals surface area contributed by atoms with E-state index in [2.05, 4.69) is 21.2 Å². The first-order valence-electron chi connectivity index (χ1n) is 5.97. The van der Waals surface area contributed by atoms with Crippen LogP contribution in [0, 0.1) is 0 Å². The molecule has 98 valence electrons. The fourth-order valence-electron chi connectivity index (χ4n) is 2.08. The van der Waals surface area contributed by atoms with E-state index < -0.39 is 0 Å². The normalized spacial score (nSPS) is 23.0. The highest BCUT2D eigenvalue weighted by molar-refractivity contribution is 9.10. The lowest BCUT2D eigenvalue weighted by molar-refractivity contribution is 0.0206. The minimum absolute atomic E-state index is 0.156. The number of nitrogens with one attached hydrogen (secondary N) is 1. The molecule has 4 nitrogen and oxygen atoms in total. The molecule has 18 heavy (non-hydrogen) atoms. The predicted molar refractivity (Wildman–Crippen MR) is 74.5 cm³/mol. The summed E-state index contributed by atoms with van der Waals surface area (Å²) >= 11 is 3.32. The molecule has 0 bridgehead atoms. The topological polar surface area (TPSA) is 64.4 Å². The third-order valence-corrected chi connectivity index (χ3v) is 3.67. The number of halogens is 1. The number of carbonyl (C=O) groups excluding carboxylic acids is 1. The molecule has 1 amide bonds. The molecular weight excluding hydrogens is 296 g/mol. The molecule has 0 aromatic heterocycles. The smallest absolute Gasteiger partial charge is 0.253 e. The van der Waals surface area contributed by atoms with Gasteiger partial charge in [-0.3, -0.25) is 4.79 Å². The molecule has 1 fully saturated rings. The van der Waals surface area contributed by atoms with E-state index in [1.807, 2.05) is 6.92 Å². The Morgan fingerprint density at radius 1 is 1.61 bits per heavy atom. The van der Waals surface area contributed by atoms with Gasteiger partial charge in [-0.05, 0) is 38.0 Å². The molecule has 1 aliphatic heterocycles. The van der Waals surface area contributed by atoms with Crippen molar-refractivity contribution >= 4 is 27.5 Å². The van der Waals surface area contributed by atoms with Crippen molar-refractivity contribution in [3.05, 3.63) is 28.2 Å². The number of rotatable bonds is 3. The highest BCUT2D eigenvalue weighted by atomic mass is 79.9. The molecular formula is C13H17BrN2O2. The summed E-state index contributed by atoms with van der Waals surface area (Å²) in [4.78, 5) is 12.0. The van der Waals surface area contributed by atoms with Crippen molar-refractivity contribution in [1.82, 2.24) is 5.32 Å². The molecule has 1 aromatic rings. The molecule has 0 radical (unpaired) electrons. The van der Waals surface area contributed by atoms with Crippen LogP contribution in [0.1, 0.15) is 30.1 Å². The first-order valence-corrected chi connectivity index (χ1v) is 6.77. The Balaban J connectivity index is 1.99.